The number of carbonyl (C=O) groups is 1. The van der Waals surface area contributed by atoms with E-state index >= 15 is 0 Å². The van der Waals surface area contributed by atoms with Crippen molar-refractivity contribution in [3.63, 3.8) is 0 Å². The lowest BCUT2D eigenvalue weighted by Crippen LogP contribution is -2.60. The van der Waals surface area contributed by atoms with E-state index in [0.717, 1.165) is 0 Å². The third kappa shape index (κ3) is 3.03. The quantitative estimate of drug-likeness (QED) is 0.642. The molecule has 1 unspecified atom stereocenters. The van der Waals surface area contributed by atoms with Crippen LogP contribution in [0.4, 0.5) is 14.5 Å². The maximum atomic E-state index is 14.0. The third-order valence-corrected chi connectivity index (χ3v) is 4.33. The molecule has 1 aliphatic carbocycles. The number of nitrogens with zero attached hydrogens (tertiary/aromatic N) is 1. The number of hydrogen-bond acceptors (Lipinski definition) is 4. The Kier molecular flexibility index (Phi) is 4.39. The lowest BCUT2D eigenvalue weighted by atomic mass is 9.75. The number of halogens is 2. The summed E-state index contributed by atoms with van der Waals surface area (Å²) in [5.74, 6) is -5.47. The van der Waals surface area contributed by atoms with E-state index in [1.54, 1.807) is 6.92 Å². The Labute approximate surface area is 131 Å². The molecule has 0 aromatic heterocycles. The van der Waals surface area contributed by atoms with Gasteiger partial charge in [-0.15, -0.1) is 0 Å². The Morgan fingerprint density at radius 3 is 2.57 bits per heavy atom. The van der Waals surface area contributed by atoms with Crippen molar-refractivity contribution in [1.82, 2.24) is 5.32 Å². The Bertz CT molecular complexity index is 644. The second-order valence-electron chi connectivity index (χ2n) is 5.96. The minimum Gasteiger partial charge on any atom is -0.383 e. The molecule has 6 nitrogen and oxygen atoms in total. The van der Waals surface area contributed by atoms with Gasteiger partial charge in [0, 0.05) is 11.6 Å². The highest BCUT2D eigenvalue weighted by Crippen LogP contribution is 2.44. The number of amides is 1. The van der Waals surface area contributed by atoms with E-state index in [9.17, 15) is 28.8 Å². The van der Waals surface area contributed by atoms with Crippen LogP contribution in [0.3, 0.4) is 0 Å². The first-order chi connectivity index (χ1) is 10.6. The van der Waals surface area contributed by atoms with Gasteiger partial charge < -0.3 is 10.4 Å². The molecule has 0 aliphatic heterocycles. The maximum absolute atomic E-state index is 14.0. The Balaban J connectivity index is 2.15. The molecule has 1 atom stereocenters. The molecule has 0 heterocycles. The van der Waals surface area contributed by atoms with E-state index in [-0.39, 0.29) is 18.5 Å². The highest BCUT2D eigenvalue weighted by atomic mass is 19.3. The van der Waals surface area contributed by atoms with E-state index in [4.69, 9.17) is 0 Å². The summed E-state index contributed by atoms with van der Waals surface area (Å²) in [4.78, 5) is 22.2. The van der Waals surface area contributed by atoms with E-state index < -0.39 is 28.4 Å². The predicted molar refractivity (Wildman–Crippen MR) is 78.1 cm³/mol. The van der Waals surface area contributed by atoms with Crippen molar-refractivity contribution >= 4 is 11.6 Å². The second-order valence-corrected chi connectivity index (χ2v) is 5.96. The number of nitro benzene ring substituents is 1. The average Bonchev–Trinajstić information content (AvgIpc) is 2.44. The van der Waals surface area contributed by atoms with Crippen LogP contribution in [0.15, 0.2) is 18.2 Å². The second kappa shape index (κ2) is 5.84. The van der Waals surface area contributed by atoms with Crippen LogP contribution >= 0.6 is 0 Å². The van der Waals surface area contributed by atoms with Gasteiger partial charge >= 0.3 is 5.92 Å². The van der Waals surface area contributed by atoms with Crippen LogP contribution in [0.5, 0.6) is 0 Å². The molecule has 0 spiro atoms. The summed E-state index contributed by atoms with van der Waals surface area (Å²) in [7, 11) is 0. The zero-order chi connectivity index (χ0) is 17.4. The van der Waals surface area contributed by atoms with Crippen LogP contribution in [0.1, 0.15) is 43.4 Å². The van der Waals surface area contributed by atoms with E-state index in [2.05, 4.69) is 5.32 Å². The number of hydrogen-bond donors (Lipinski definition) is 2. The molecule has 2 rings (SSSR count). The smallest absolute Gasteiger partial charge is 0.352 e. The van der Waals surface area contributed by atoms with Crippen LogP contribution in [-0.4, -0.2) is 27.5 Å². The van der Waals surface area contributed by atoms with Crippen molar-refractivity contribution in [2.75, 3.05) is 0 Å². The average molecular weight is 328 g/mol. The van der Waals surface area contributed by atoms with Gasteiger partial charge in [0.25, 0.3) is 11.6 Å². The maximum Gasteiger partial charge on any atom is 0.352 e. The van der Waals surface area contributed by atoms with Gasteiger partial charge in [-0.3, -0.25) is 14.9 Å². The number of carbonyl (C=O) groups excluding carboxylic acids is 1. The zero-order valence-corrected chi connectivity index (χ0v) is 12.8. The predicted octanol–water partition coefficient (Wildman–Crippen LogP) is 2.63. The van der Waals surface area contributed by atoms with Crippen LogP contribution in [-0.2, 0) is 4.79 Å². The fraction of sp³-hybridized carbons (Fsp3) is 0.533. The first kappa shape index (κ1) is 17.3. The number of benzene rings is 1. The number of rotatable bonds is 5. The number of nitro groups is 1. The van der Waals surface area contributed by atoms with Crippen molar-refractivity contribution in [2.24, 2.45) is 0 Å². The summed E-state index contributed by atoms with van der Waals surface area (Å²) in [5.41, 5.74) is -1.66. The fourth-order valence-corrected chi connectivity index (χ4v) is 2.50. The topological polar surface area (TPSA) is 92.5 Å². The van der Waals surface area contributed by atoms with Gasteiger partial charge in [-0.1, -0.05) is 12.1 Å². The van der Waals surface area contributed by atoms with Crippen molar-refractivity contribution in [3.8, 4) is 0 Å². The van der Waals surface area contributed by atoms with Crippen LogP contribution in [0.25, 0.3) is 0 Å². The minimum absolute atomic E-state index is 0.127. The molecule has 0 saturated heterocycles. The van der Waals surface area contributed by atoms with Crippen molar-refractivity contribution in [2.45, 2.75) is 50.7 Å². The number of aliphatic hydroxyl groups is 1. The van der Waals surface area contributed by atoms with Gasteiger partial charge in [0.15, 0.2) is 0 Å². The van der Waals surface area contributed by atoms with E-state index in [1.165, 1.54) is 25.1 Å². The van der Waals surface area contributed by atoms with Crippen LogP contribution < -0.4 is 5.32 Å². The van der Waals surface area contributed by atoms with Gasteiger partial charge in [-0.25, -0.2) is 0 Å². The minimum atomic E-state index is -3.89. The first-order valence-electron chi connectivity index (χ1n) is 7.24. The zero-order valence-electron chi connectivity index (χ0n) is 12.8. The Hall–Kier alpha value is -2.09. The highest BCUT2D eigenvalue weighted by Gasteiger charge is 2.61. The number of aryl methyl sites for hydroxylation is 1. The molecule has 0 radical (unpaired) electrons. The third-order valence-electron chi connectivity index (χ3n) is 4.33. The molecule has 1 aromatic carbocycles. The summed E-state index contributed by atoms with van der Waals surface area (Å²) in [6.07, 6.45) is 0.189. The number of alkyl halides is 2. The number of nitrogens with one attached hydrogen (secondary N) is 1. The summed E-state index contributed by atoms with van der Waals surface area (Å²) in [6.45, 7) is 3.01. The Morgan fingerprint density at radius 1 is 1.48 bits per heavy atom. The molecule has 126 valence electrons. The first-order valence-corrected chi connectivity index (χ1v) is 7.24. The molecule has 1 aliphatic rings. The molecule has 8 heteroatoms. The molecule has 1 saturated carbocycles. The van der Waals surface area contributed by atoms with E-state index in [1.807, 2.05) is 0 Å². The van der Waals surface area contributed by atoms with E-state index in [0.29, 0.717) is 17.5 Å². The molecule has 1 fully saturated rings. The highest BCUT2D eigenvalue weighted by molar-refractivity contribution is 5.85. The van der Waals surface area contributed by atoms with Crippen molar-refractivity contribution in [1.29, 1.82) is 0 Å². The van der Waals surface area contributed by atoms with Gasteiger partial charge in [-0.2, -0.15) is 8.78 Å². The monoisotopic (exact) mass is 328 g/mol. The molecule has 1 aromatic rings. The molecule has 2 N–H and O–H groups in total. The summed E-state index contributed by atoms with van der Waals surface area (Å²) >= 11 is 0. The standard InChI is InChI=1S/C15H18F2N2O4/c1-9-4-5-11(8-12(9)19(22)23)10(2)18-13(20)15(16,17)14(21)6-3-7-14/h4-5,8,10,21H,3,6-7H2,1-2H3,(H,18,20). The van der Waals surface area contributed by atoms with Crippen molar-refractivity contribution in [3.05, 3.63) is 39.4 Å². The SMILES string of the molecule is Cc1ccc(C(C)NC(=O)C(F)(F)C2(O)CCC2)cc1[N+](=O)[O-]. The largest absolute Gasteiger partial charge is 0.383 e. The molecular weight excluding hydrogens is 310 g/mol. The lowest BCUT2D eigenvalue weighted by Gasteiger charge is -2.41. The fourth-order valence-electron chi connectivity index (χ4n) is 2.50. The normalized spacial score (nSPS) is 18.0. The Morgan fingerprint density at radius 2 is 2.09 bits per heavy atom. The molecule has 23 heavy (non-hydrogen) atoms. The summed E-state index contributed by atoms with van der Waals surface area (Å²) in [6, 6.07) is 3.42. The lowest BCUT2D eigenvalue weighted by molar-refractivity contribution is -0.385. The molecular formula is C15H18F2N2O4. The van der Waals surface area contributed by atoms with Gasteiger partial charge in [-0.05, 0) is 38.7 Å². The van der Waals surface area contributed by atoms with Gasteiger partial charge in [0.2, 0.25) is 0 Å². The van der Waals surface area contributed by atoms with Crippen LogP contribution in [0, 0.1) is 17.0 Å². The molecule has 0 bridgehead atoms. The molecule has 1 amide bonds. The van der Waals surface area contributed by atoms with Gasteiger partial charge in [0.05, 0.1) is 11.0 Å². The van der Waals surface area contributed by atoms with Crippen LogP contribution in [0.2, 0.25) is 0 Å². The summed E-state index contributed by atoms with van der Waals surface area (Å²) in [5, 5.41) is 22.8. The summed E-state index contributed by atoms with van der Waals surface area (Å²) < 4.78 is 28.0. The van der Waals surface area contributed by atoms with Gasteiger partial charge in [0.1, 0.15) is 5.60 Å². The van der Waals surface area contributed by atoms with Crippen molar-refractivity contribution < 1.29 is 23.6 Å².